The summed E-state index contributed by atoms with van der Waals surface area (Å²) in [5.41, 5.74) is 6.19. The van der Waals surface area contributed by atoms with Crippen LogP contribution in [-0.2, 0) is 11.3 Å². The van der Waals surface area contributed by atoms with Gasteiger partial charge in [0.25, 0.3) is 0 Å². The average molecular weight is 266 g/mol. The van der Waals surface area contributed by atoms with E-state index in [2.05, 4.69) is 0 Å². The Bertz CT molecular complexity index is 461. The Balaban J connectivity index is 2.08. The van der Waals surface area contributed by atoms with Crippen LogP contribution in [0, 0.1) is 5.82 Å². The smallest absolute Gasteiger partial charge is 0.224 e. The average Bonchev–Trinajstić information content (AvgIpc) is 3.20. The zero-order valence-electron chi connectivity index (χ0n) is 11.1. The third-order valence-corrected chi connectivity index (χ3v) is 3.24. The number of nitrogens with two attached hydrogens (primary N) is 1. The summed E-state index contributed by atoms with van der Waals surface area (Å²) in [6, 6.07) is 5.09. The lowest BCUT2D eigenvalue weighted by Gasteiger charge is -2.22. The Labute approximate surface area is 112 Å². The van der Waals surface area contributed by atoms with Gasteiger partial charge in [-0.05, 0) is 30.5 Å². The summed E-state index contributed by atoms with van der Waals surface area (Å²) in [6.45, 7) is 0.781. The Hall–Kier alpha value is -1.62. The molecule has 0 aromatic heterocycles. The standard InChI is InChI=1S/C14H19FN2O2/c1-19-13-5-2-10(8-12(13)15)9-17(11-3-4-11)14(18)6-7-16/h2,5,8,11H,3-4,6-7,9,16H2,1H3. The highest BCUT2D eigenvalue weighted by Gasteiger charge is 2.32. The quantitative estimate of drug-likeness (QED) is 0.852. The summed E-state index contributed by atoms with van der Waals surface area (Å²) in [5.74, 6) is -0.141. The second kappa shape index (κ2) is 6.02. The summed E-state index contributed by atoms with van der Waals surface area (Å²) < 4.78 is 18.5. The number of halogens is 1. The Morgan fingerprint density at radius 3 is 2.79 bits per heavy atom. The van der Waals surface area contributed by atoms with Crippen LogP contribution in [0.5, 0.6) is 5.75 Å². The van der Waals surface area contributed by atoms with Gasteiger partial charge in [-0.25, -0.2) is 4.39 Å². The molecule has 19 heavy (non-hydrogen) atoms. The van der Waals surface area contributed by atoms with Crippen LogP contribution < -0.4 is 10.5 Å². The van der Waals surface area contributed by atoms with Crippen LogP contribution in [0.4, 0.5) is 4.39 Å². The predicted molar refractivity (Wildman–Crippen MR) is 70.2 cm³/mol. The van der Waals surface area contributed by atoms with Gasteiger partial charge >= 0.3 is 0 Å². The topological polar surface area (TPSA) is 55.6 Å². The number of nitrogens with zero attached hydrogens (tertiary/aromatic N) is 1. The van der Waals surface area contributed by atoms with Crippen LogP contribution in [-0.4, -0.2) is 30.5 Å². The minimum atomic E-state index is -0.401. The van der Waals surface area contributed by atoms with Crippen molar-refractivity contribution in [2.24, 2.45) is 5.73 Å². The third kappa shape index (κ3) is 3.44. The van der Waals surface area contributed by atoms with Gasteiger partial charge in [-0.3, -0.25) is 4.79 Å². The molecule has 0 radical (unpaired) electrons. The molecule has 2 N–H and O–H groups in total. The summed E-state index contributed by atoms with van der Waals surface area (Å²) >= 11 is 0. The van der Waals surface area contributed by atoms with E-state index >= 15 is 0 Å². The van der Waals surface area contributed by atoms with Crippen molar-refractivity contribution in [1.82, 2.24) is 4.90 Å². The van der Waals surface area contributed by atoms with Gasteiger partial charge in [0, 0.05) is 25.6 Å². The summed E-state index contributed by atoms with van der Waals surface area (Å²) in [7, 11) is 1.43. The number of amides is 1. The first-order chi connectivity index (χ1) is 9.15. The lowest BCUT2D eigenvalue weighted by atomic mass is 10.2. The van der Waals surface area contributed by atoms with E-state index in [1.54, 1.807) is 17.0 Å². The van der Waals surface area contributed by atoms with Gasteiger partial charge < -0.3 is 15.4 Å². The van der Waals surface area contributed by atoms with Crippen LogP contribution in [0.15, 0.2) is 18.2 Å². The van der Waals surface area contributed by atoms with Gasteiger partial charge in [-0.15, -0.1) is 0 Å². The molecule has 1 aliphatic rings. The molecule has 104 valence electrons. The van der Waals surface area contributed by atoms with Gasteiger partial charge in [0.1, 0.15) is 0 Å². The summed E-state index contributed by atoms with van der Waals surface area (Å²) in [6.07, 6.45) is 2.39. The van der Waals surface area contributed by atoms with Crippen molar-refractivity contribution in [1.29, 1.82) is 0 Å². The van der Waals surface area contributed by atoms with Crippen molar-refractivity contribution < 1.29 is 13.9 Å². The number of hydrogen-bond donors (Lipinski definition) is 1. The van der Waals surface area contributed by atoms with Crippen molar-refractivity contribution in [3.05, 3.63) is 29.6 Å². The maximum atomic E-state index is 13.6. The molecule has 4 nitrogen and oxygen atoms in total. The van der Waals surface area contributed by atoms with Crippen molar-refractivity contribution in [2.75, 3.05) is 13.7 Å². The fourth-order valence-electron chi connectivity index (χ4n) is 2.08. The number of rotatable bonds is 6. The Morgan fingerprint density at radius 2 is 2.26 bits per heavy atom. The van der Waals surface area contributed by atoms with Gasteiger partial charge in [-0.2, -0.15) is 0 Å². The highest BCUT2D eigenvalue weighted by Crippen LogP contribution is 2.29. The molecule has 0 bridgehead atoms. The first kappa shape index (κ1) is 13.8. The first-order valence-corrected chi connectivity index (χ1v) is 6.47. The summed E-state index contributed by atoms with van der Waals surface area (Å²) in [5, 5.41) is 0. The molecular weight excluding hydrogens is 247 g/mol. The second-order valence-electron chi connectivity index (χ2n) is 4.76. The van der Waals surface area contributed by atoms with Crippen LogP contribution >= 0.6 is 0 Å². The zero-order valence-corrected chi connectivity index (χ0v) is 11.1. The number of methoxy groups -OCH3 is 1. The molecule has 2 rings (SSSR count). The van der Waals surface area contributed by atoms with E-state index in [1.165, 1.54) is 13.2 Å². The van der Waals surface area contributed by atoms with Gasteiger partial charge in [0.2, 0.25) is 5.91 Å². The van der Waals surface area contributed by atoms with E-state index in [1.807, 2.05) is 0 Å². The fraction of sp³-hybridized carbons (Fsp3) is 0.500. The number of carbonyl (C=O) groups is 1. The zero-order chi connectivity index (χ0) is 13.8. The van der Waals surface area contributed by atoms with E-state index < -0.39 is 5.82 Å². The van der Waals surface area contributed by atoms with Crippen molar-refractivity contribution in [3.8, 4) is 5.75 Å². The second-order valence-corrected chi connectivity index (χ2v) is 4.76. The minimum Gasteiger partial charge on any atom is -0.494 e. The van der Waals surface area contributed by atoms with E-state index in [0.29, 0.717) is 25.6 Å². The van der Waals surface area contributed by atoms with Crippen molar-refractivity contribution in [2.45, 2.75) is 31.8 Å². The van der Waals surface area contributed by atoms with E-state index in [9.17, 15) is 9.18 Å². The SMILES string of the molecule is COc1ccc(CN(C(=O)CCN)C2CC2)cc1F. The van der Waals surface area contributed by atoms with E-state index in [0.717, 1.165) is 18.4 Å². The molecule has 0 heterocycles. The molecule has 0 aliphatic heterocycles. The van der Waals surface area contributed by atoms with Crippen molar-refractivity contribution >= 4 is 5.91 Å². The Kier molecular flexibility index (Phi) is 4.37. The van der Waals surface area contributed by atoms with Crippen LogP contribution in [0.25, 0.3) is 0 Å². The largest absolute Gasteiger partial charge is 0.494 e. The molecule has 1 amide bonds. The Morgan fingerprint density at radius 1 is 1.53 bits per heavy atom. The number of benzene rings is 1. The number of carbonyl (C=O) groups excluding carboxylic acids is 1. The fourth-order valence-corrected chi connectivity index (χ4v) is 2.08. The van der Waals surface area contributed by atoms with Crippen molar-refractivity contribution in [3.63, 3.8) is 0 Å². The van der Waals surface area contributed by atoms with E-state index in [-0.39, 0.29) is 11.7 Å². The molecule has 0 unspecified atom stereocenters. The maximum Gasteiger partial charge on any atom is 0.224 e. The molecular formula is C14H19FN2O2. The monoisotopic (exact) mass is 266 g/mol. The predicted octanol–water partition coefficient (Wildman–Crippen LogP) is 1.67. The van der Waals surface area contributed by atoms with E-state index in [4.69, 9.17) is 10.5 Å². The molecule has 1 aliphatic carbocycles. The lowest BCUT2D eigenvalue weighted by molar-refractivity contribution is -0.132. The molecule has 1 aromatic rings. The summed E-state index contributed by atoms with van der Waals surface area (Å²) in [4.78, 5) is 13.8. The van der Waals surface area contributed by atoms with Gasteiger partial charge in [0.05, 0.1) is 7.11 Å². The lowest BCUT2D eigenvalue weighted by Crippen LogP contribution is -2.33. The molecule has 1 fully saturated rings. The molecule has 0 saturated heterocycles. The van der Waals surface area contributed by atoms with Crippen LogP contribution in [0.1, 0.15) is 24.8 Å². The number of ether oxygens (including phenoxy) is 1. The third-order valence-electron chi connectivity index (χ3n) is 3.24. The molecule has 1 saturated carbocycles. The van der Waals surface area contributed by atoms with Crippen LogP contribution in [0.3, 0.4) is 0 Å². The highest BCUT2D eigenvalue weighted by molar-refractivity contribution is 5.77. The maximum absolute atomic E-state index is 13.6. The first-order valence-electron chi connectivity index (χ1n) is 6.47. The molecule has 5 heteroatoms. The van der Waals surface area contributed by atoms with Gasteiger partial charge in [0.15, 0.2) is 11.6 Å². The molecule has 1 aromatic carbocycles. The minimum absolute atomic E-state index is 0.0428. The molecule has 0 atom stereocenters. The molecule has 0 spiro atoms. The number of hydrogen-bond acceptors (Lipinski definition) is 3. The van der Waals surface area contributed by atoms with Gasteiger partial charge in [-0.1, -0.05) is 6.07 Å². The van der Waals surface area contributed by atoms with Crippen LogP contribution in [0.2, 0.25) is 0 Å². The normalized spacial score (nSPS) is 14.3. The highest BCUT2D eigenvalue weighted by atomic mass is 19.1.